The molecule has 0 saturated heterocycles. The molecule has 0 aromatic carbocycles. The summed E-state index contributed by atoms with van der Waals surface area (Å²) in [4.78, 5) is 14.0. The van der Waals surface area contributed by atoms with E-state index in [0.717, 1.165) is 0 Å². The third-order valence-corrected chi connectivity index (χ3v) is 1.85. The van der Waals surface area contributed by atoms with Crippen molar-refractivity contribution in [1.29, 1.82) is 0 Å². The Morgan fingerprint density at radius 2 is 2.38 bits per heavy atom. The van der Waals surface area contributed by atoms with Gasteiger partial charge in [0.25, 0.3) is 0 Å². The molecule has 0 unspecified atom stereocenters. The minimum atomic E-state index is -1.08. The van der Waals surface area contributed by atoms with Crippen LogP contribution in [-0.2, 0) is 4.79 Å². The van der Waals surface area contributed by atoms with Gasteiger partial charge in [-0.1, -0.05) is 11.6 Å². The summed E-state index contributed by atoms with van der Waals surface area (Å²) in [6.45, 7) is 0. The standard InChI is InChI=1S/C8H8ClNO3/c9-6-4-10-2-1-5(6)7(11)3-8(12)13/h1-2,4,7,11H,3H2,(H,12,13)/t7-/m1/s1. The smallest absolute Gasteiger partial charge is 0.306 e. The maximum atomic E-state index is 10.3. The van der Waals surface area contributed by atoms with Gasteiger partial charge in [-0.3, -0.25) is 9.78 Å². The van der Waals surface area contributed by atoms with Crippen LogP contribution in [0.15, 0.2) is 18.5 Å². The van der Waals surface area contributed by atoms with Gasteiger partial charge in [-0.15, -0.1) is 0 Å². The summed E-state index contributed by atoms with van der Waals surface area (Å²) in [5.74, 6) is -1.07. The highest BCUT2D eigenvalue weighted by Crippen LogP contribution is 2.23. The fourth-order valence-corrected chi connectivity index (χ4v) is 1.18. The van der Waals surface area contributed by atoms with Crippen LogP contribution in [0.1, 0.15) is 18.1 Å². The van der Waals surface area contributed by atoms with Crippen molar-refractivity contribution in [2.45, 2.75) is 12.5 Å². The first-order valence-corrected chi connectivity index (χ1v) is 3.98. The lowest BCUT2D eigenvalue weighted by molar-refractivity contribution is -0.139. The normalized spacial score (nSPS) is 12.5. The Hall–Kier alpha value is -1.13. The quantitative estimate of drug-likeness (QED) is 0.772. The van der Waals surface area contributed by atoms with E-state index in [1.54, 1.807) is 0 Å². The minimum absolute atomic E-state index is 0.274. The molecule has 1 rings (SSSR count). The first-order chi connectivity index (χ1) is 6.11. The molecule has 0 fully saturated rings. The minimum Gasteiger partial charge on any atom is -0.481 e. The van der Waals surface area contributed by atoms with Gasteiger partial charge in [0.15, 0.2) is 0 Å². The van der Waals surface area contributed by atoms with E-state index in [4.69, 9.17) is 16.7 Å². The molecule has 1 aromatic heterocycles. The van der Waals surface area contributed by atoms with Crippen LogP contribution in [0, 0.1) is 0 Å². The van der Waals surface area contributed by atoms with Crippen LogP contribution in [0.4, 0.5) is 0 Å². The SMILES string of the molecule is O=C(O)C[C@@H](O)c1ccncc1Cl. The highest BCUT2D eigenvalue weighted by atomic mass is 35.5. The molecule has 2 N–H and O–H groups in total. The van der Waals surface area contributed by atoms with Gasteiger partial charge in [0, 0.05) is 18.0 Å². The number of pyridine rings is 1. The molecule has 0 aliphatic carbocycles. The second-order valence-electron chi connectivity index (χ2n) is 2.51. The second kappa shape index (κ2) is 4.20. The maximum absolute atomic E-state index is 10.3. The van der Waals surface area contributed by atoms with E-state index in [9.17, 15) is 9.90 Å². The molecular formula is C8H8ClNO3. The number of carboxylic acid groups (broad SMARTS) is 1. The molecule has 1 aromatic rings. The Bertz CT molecular complexity index is 316. The van der Waals surface area contributed by atoms with Crippen LogP contribution in [0.2, 0.25) is 5.02 Å². The third-order valence-electron chi connectivity index (χ3n) is 1.53. The Balaban J connectivity index is 2.82. The van der Waals surface area contributed by atoms with Crippen LogP contribution in [0.25, 0.3) is 0 Å². The van der Waals surface area contributed by atoms with Gasteiger partial charge in [-0.2, -0.15) is 0 Å². The molecule has 0 amide bonds. The molecule has 5 heteroatoms. The molecule has 13 heavy (non-hydrogen) atoms. The number of rotatable bonds is 3. The molecule has 0 saturated carbocycles. The number of hydrogen-bond donors (Lipinski definition) is 2. The van der Waals surface area contributed by atoms with Crippen LogP contribution in [0.5, 0.6) is 0 Å². The molecule has 1 heterocycles. The largest absolute Gasteiger partial charge is 0.481 e. The van der Waals surface area contributed by atoms with Crippen LogP contribution >= 0.6 is 11.6 Å². The van der Waals surface area contributed by atoms with Crippen molar-refractivity contribution in [1.82, 2.24) is 4.98 Å². The lowest BCUT2D eigenvalue weighted by atomic mass is 10.1. The van der Waals surface area contributed by atoms with Gasteiger partial charge in [0.05, 0.1) is 17.5 Å². The Labute approximate surface area is 79.8 Å². The number of carboxylic acids is 1. The highest BCUT2D eigenvalue weighted by molar-refractivity contribution is 6.31. The topological polar surface area (TPSA) is 70.4 Å². The number of aromatic nitrogens is 1. The summed E-state index contributed by atoms with van der Waals surface area (Å²) in [6.07, 6.45) is 1.38. The average Bonchev–Trinajstić information content (AvgIpc) is 2.03. The molecule has 1 atom stereocenters. The summed E-state index contributed by atoms with van der Waals surface area (Å²) in [5.41, 5.74) is 0.388. The predicted molar refractivity (Wildman–Crippen MR) is 46.5 cm³/mol. The molecule has 0 aliphatic heterocycles. The van der Waals surface area contributed by atoms with E-state index in [1.807, 2.05) is 0 Å². The summed E-state index contributed by atoms with van der Waals surface area (Å²) in [5, 5.41) is 18.1. The molecular weight excluding hydrogens is 194 g/mol. The molecule has 70 valence electrons. The highest BCUT2D eigenvalue weighted by Gasteiger charge is 2.14. The number of aliphatic carboxylic acids is 1. The van der Waals surface area contributed by atoms with Gasteiger partial charge in [0.2, 0.25) is 0 Å². The lowest BCUT2D eigenvalue weighted by Gasteiger charge is -2.08. The number of carbonyl (C=O) groups is 1. The Kier molecular flexibility index (Phi) is 3.22. The van der Waals surface area contributed by atoms with Crippen LogP contribution < -0.4 is 0 Å². The van der Waals surface area contributed by atoms with Gasteiger partial charge < -0.3 is 10.2 Å². The molecule has 0 spiro atoms. The lowest BCUT2D eigenvalue weighted by Crippen LogP contribution is -2.05. The van der Waals surface area contributed by atoms with Gasteiger partial charge in [0.1, 0.15) is 0 Å². The summed E-state index contributed by atoms with van der Waals surface area (Å²) < 4.78 is 0. The number of nitrogens with zero attached hydrogens (tertiary/aromatic N) is 1. The fourth-order valence-electron chi connectivity index (χ4n) is 0.932. The van der Waals surface area contributed by atoms with Crippen molar-refractivity contribution in [3.05, 3.63) is 29.0 Å². The van der Waals surface area contributed by atoms with Crippen molar-refractivity contribution in [3.63, 3.8) is 0 Å². The molecule has 0 bridgehead atoms. The molecule has 0 aliphatic rings. The Morgan fingerprint density at radius 3 is 2.92 bits per heavy atom. The number of aliphatic hydroxyl groups excluding tert-OH is 1. The fraction of sp³-hybridized carbons (Fsp3) is 0.250. The van der Waals surface area contributed by atoms with E-state index < -0.39 is 12.1 Å². The Morgan fingerprint density at radius 1 is 1.69 bits per heavy atom. The van der Waals surface area contributed by atoms with E-state index in [0.29, 0.717) is 5.56 Å². The maximum Gasteiger partial charge on any atom is 0.306 e. The van der Waals surface area contributed by atoms with Crippen molar-refractivity contribution in [2.75, 3.05) is 0 Å². The van der Waals surface area contributed by atoms with Gasteiger partial charge >= 0.3 is 5.97 Å². The summed E-state index contributed by atoms with van der Waals surface area (Å²) in [6, 6.07) is 1.50. The van der Waals surface area contributed by atoms with E-state index >= 15 is 0 Å². The first kappa shape index (κ1) is 9.95. The number of halogens is 1. The molecule has 0 radical (unpaired) electrons. The van der Waals surface area contributed by atoms with Crippen LogP contribution in [-0.4, -0.2) is 21.2 Å². The zero-order valence-corrected chi connectivity index (χ0v) is 7.40. The van der Waals surface area contributed by atoms with E-state index in [1.165, 1.54) is 18.5 Å². The van der Waals surface area contributed by atoms with Crippen molar-refractivity contribution < 1.29 is 15.0 Å². The van der Waals surface area contributed by atoms with Crippen molar-refractivity contribution >= 4 is 17.6 Å². The van der Waals surface area contributed by atoms with Crippen molar-refractivity contribution in [3.8, 4) is 0 Å². The summed E-state index contributed by atoms with van der Waals surface area (Å²) in [7, 11) is 0. The second-order valence-corrected chi connectivity index (χ2v) is 2.92. The zero-order chi connectivity index (χ0) is 9.84. The van der Waals surface area contributed by atoms with E-state index in [-0.39, 0.29) is 11.4 Å². The summed E-state index contributed by atoms with van der Waals surface area (Å²) >= 11 is 5.69. The third kappa shape index (κ3) is 2.68. The number of aliphatic hydroxyl groups is 1. The van der Waals surface area contributed by atoms with Crippen molar-refractivity contribution in [2.24, 2.45) is 0 Å². The number of hydrogen-bond acceptors (Lipinski definition) is 3. The van der Waals surface area contributed by atoms with E-state index in [2.05, 4.69) is 4.98 Å². The first-order valence-electron chi connectivity index (χ1n) is 3.60. The monoisotopic (exact) mass is 201 g/mol. The van der Waals surface area contributed by atoms with Crippen LogP contribution in [0.3, 0.4) is 0 Å². The molecule has 4 nitrogen and oxygen atoms in total. The zero-order valence-electron chi connectivity index (χ0n) is 6.64. The predicted octanol–water partition coefficient (Wildman–Crippen LogP) is 1.24. The van der Waals surface area contributed by atoms with Gasteiger partial charge in [-0.05, 0) is 6.07 Å². The van der Waals surface area contributed by atoms with Gasteiger partial charge in [-0.25, -0.2) is 0 Å². The average molecular weight is 202 g/mol.